The quantitative estimate of drug-likeness (QED) is 0.172. The first-order chi connectivity index (χ1) is 28.3. The van der Waals surface area contributed by atoms with Crippen molar-refractivity contribution in [2.24, 2.45) is 0 Å². The van der Waals surface area contributed by atoms with Gasteiger partial charge in [-0.15, -0.1) is 0 Å². The van der Waals surface area contributed by atoms with Crippen molar-refractivity contribution in [2.75, 3.05) is 33.7 Å². The molecule has 2 atom stereocenters. The monoisotopic (exact) mass is 778 g/mol. The second-order valence-electron chi connectivity index (χ2n) is 13.3. The highest BCUT2D eigenvalue weighted by atomic mass is 16.3. The third-order valence-corrected chi connectivity index (χ3v) is 10.6. The van der Waals surface area contributed by atoms with Crippen molar-refractivity contribution >= 4 is 78.1 Å². The molecule has 58 heavy (non-hydrogen) atoms. The highest BCUT2D eigenvalue weighted by Gasteiger charge is 2.35. The van der Waals surface area contributed by atoms with Gasteiger partial charge in [-0.1, -0.05) is 97.9 Å². The van der Waals surface area contributed by atoms with Gasteiger partial charge in [0.05, 0.1) is 34.1 Å². The molecule has 10 rings (SSSR count). The van der Waals surface area contributed by atoms with Gasteiger partial charge in [0.2, 0.25) is 0 Å². The molecule has 0 unspecified atom stereocenters. The molecule has 4 aromatic carbocycles. The summed E-state index contributed by atoms with van der Waals surface area (Å²) in [5.74, 6) is 0. The molecule has 304 valence electrons. The molecule has 0 spiro atoms. The fourth-order valence-electron chi connectivity index (χ4n) is 7.81. The second-order valence-corrected chi connectivity index (χ2v) is 13.3. The molecule has 2 aliphatic rings. The largest absolute Gasteiger partial charge is 0.454 e. The van der Waals surface area contributed by atoms with Crippen LogP contribution in [0.3, 0.4) is 0 Å². The zero-order chi connectivity index (χ0) is 42.3. The molecule has 6 heterocycles. The molecule has 8 aromatic rings. The number of aryl methyl sites for hydroxylation is 2. The van der Waals surface area contributed by atoms with Crippen LogP contribution in [0.4, 0.5) is 34.1 Å². The Morgan fingerprint density at radius 2 is 0.948 bits per heavy atom. The van der Waals surface area contributed by atoms with E-state index in [1.807, 2.05) is 86.0 Å². The minimum absolute atomic E-state index is 0.211. The highest BCUT2D eigenvalue weighted by molar-refractivity contribution is 6.11. The highest BCUT2D eigenvalue weighted by Crippen LogP contribution is 2.49. The Labute approximate surface area is 345 Å². The number of hydrogen-bond acceptors (Lipinski definition) is 8. The van der Waals surface area contributed by atoms with Crippen LogP contribution >= 0.6 is 0 Å². The lowest BCUT2D eigenvalue weighted by Gasteiger charge is -2.29. The third kappa shape index (κ3) is 7.32. The number of pyridine rings is 2. The van der Waals surface area contributed by atoms with Crippen molar-refractivity contribution in [1.29, 1.82) is 0 Å². The number of nitrogens with zero attached hydrogens (tertiary/aromatic N) is 6. The molecule has 8 nitrogen and oxygen atoms in total. The lowest BCUT2D eigenvalue weighted by Crippen LogP contribution is -2.36. The third-order valence-electron chi connectivity index (χ3n) is 10.6. The normalized spacial score (nSPS) is 14.9. The first-order valence-corrected chi connectivity index (χ1v) is 21.1. The average molecular weight is 779 g/mol. The molecular weight excluding hydrogens is 717 g/mol. The zero-order valence-electron chi connectivity index (χ0n) is 37.0. The molecule has 0 aliphatic carbocycles. The molecule has 0 bridgehead atoms. The van der Waals surface area contributed by atoms with Crippen LogP contribution in [0.15, 0.2) is 118 Å². The number of aromatic nitrogens is 2. The van der Waals surface area contributed by atoms with E-state index in [0.29, 0.717) is 0 Å². The Hall–Kier alpha value is -6.02. The van der Waals surface area contributed by atoms with Crippen molar-refractivity contribution in [1.82, 2.24) is 9.97 Å². The van der Waals surface area contributed by atoms with Crippen molar-refractivity contribution in [2.45, 2.75) is 95.4 Å². The van der Waals surface area contributed by atoms with Gasteiger partial charge in [-0.3, -0.25) is 9.97 Å². The maximum absolute atomic E-state index is 6.28. The predicted molar refractivity (Wildman–Crippen MR) is 251 cm³/mol. The lowest BCUT2D eigenvalue weighted by molar-refractivity contribution is 0.660. The van der Waals surface area contributed by atoms with Gasteiger partial charge in [0, 0.05) is 48.8 Å². The molecule has 0 saturated carbocycles. The zero-order valence-corrected chi connectivity index (χ0v) is 37.0. The van der Waals surface area contributed by atoms with E-state index in [0.717, 1.165) is 55.4 Å². The van der Waals surface area contributed by atoms with Crippen LogP contribution in [-0.4, -0.2) is 36.4 Å². The van der Waals surface area contributed by atoms with Crippen molar-refractivity contribution in [3.63, 3.8) is 0 Å². The Morgan fingerprint density at radius 3 is 1.48 bits per heavy atom. The van der Waals surface area contributed by atoms with Crippen LogP contribution in [-0.2, 0) is 0 Å². The molecule has 2 aliphatic heterocycles. The molecule has 0 amide bonds. The lowest BCUT2D eigenvalue weighted by atomic mass is 10.1. The van der Waals surface area contributed by atoms with Crippen LogP contribution in [0.25, 0.3) is 44.0 Å². The Balaban J connectivity index is 0.000000189. The summed E-state index contributed by atoms with van der Waals surface area (Å²) < 4.78 is 12.5. The molecular formula is C50H62N6O2. The van der Waals surface area contributed by atoms with E-state index in [1.165, 1.54) is 33.9 Å². The molecule has 0 N–H and O–H groups in total. The average Bonchev–Trinajstić information content (AvgIpc) is 3.99. The Morgan fingerprint density at radius 1 is 0.483 bits per heavy atom. The fourth-order valence-corrected chi connectivity index (χ4v) is 7.81. The fraction of sp³-hybridized carbons (Fsp3) is 0.320. The Kier molecular flexibility index (Phi) is 14.1. The smallest absolute Gasteiger partial charge is 0.161 e. The van der Waals surface area contributed by atoms with Crippen molar-refractivity contribution < 1.29 is 8.83 Å². The molecule has 0 saturated heterocycles. The number of hydrogen-bond donors (Lipinski definition) is 0. The van der Waals surface area contributed by atoms with E-state index in [4.69, 9.17) is 8.83 Å². The van der Waals surface area contributed by atoms with Crippen molar-refractivity contribution in [3.8, 4) is 0 Å². The molecule has 0 fully saturated rings. The van der Waals surface area contributed by atoms with Gasteiger partial charge >= 0.3 is 0 Å². The molecule has 4 aromatic heterocycles. The first-order valence-electron chi connectivity index (χ1n) is 21.1. The van der Waals surface area contributed by atoms with Gasteiger partial charge in [-0.2, -0.15) is 0 Å². The van der Waals surface area contributed by atoms with E-state index >= 15 is 0 Å². The van der Waals surface area contributed by atoms with E-state index in [-0.39, 0.29) is 12.3 Å². The minimum Gasteiger partial charge on any atom is -0.454 e. The summed E-state index contributed by atoms with van der Waals surface area (Å²) in [4.78, 5) is 18.1. The van der Waals surface area contributed by atoms with Gasteiger partial charge in [0.1, 0.15) is 23.4 Å². The first kappa shape index (κ1) is 43.1. The number of rotatable bonds is 2. The van der Waals surface area contributed by atoms with E-state index in [1.54, 1.807) is 6.20 Å². The Bertz CT molecular complexity index is 2410. The maximum atomic E-state index is 6.28. The summed E-state index contributed by atoms with van der Waals surface area (Å²) in [6, 6.07) is 31.5. The predicted octanol–water partition coefficient (Wildman–Crippen LogP) is 14.6. The maximum Gasteiger partial charge on any atom is 0.161 e. The van der Waals surface area contributed by atoms with Crippen LogP contribution in [0.5, 0.6) is 0 Å². The summed E-state index contributed by atoms with van der Waals surface area (Å²) in [5.41, 5.74) is 14.0. The van der Waals surface area contributed by atoms with Crippen LogP contribution in [0.2, 0.25) is 0 Å². The number of benzene rings is 4. The summed E-state index contributed by atoms with van der Waals surface area (Å²) in [7, 11) is 4.28. The summed E-state index contributed by atoms with van der Waals surface area (Å²) in [6.45, 7) is 24.7. The van der Waals surface area contributed by atoms with Crippen LogP contribution in [0.1, 0.15) is 80.4 Å². The minimum atomic E-state index is 0.211. The molecule has 8 heteroatoms. The summed E-state index contributed by atoms with van der Waals surface area (Å²) in [5, 5.41) is 3.24. The van der Waals surface area contributed by atoms with Gasteiger partial charge < -0.3 is 28.4 Å². The van der Waals surface area contributed by atoms with E-state index in [9.17, 15) is 0 Å². The number of furan rings is 2. The topological polar surface area (TPSA) is 65.0 Å². The van der Waals surface area contributed by atoms with Crippen LogP contribution < -0.4 is 19.6 Å². The second kappa shape index (κ2) is 18.9. The SMILES string of the molecule is CC.CC.CC.CC.Cc1ccc2c(oc3cccnc32)c1N1c2ccccc2N(C)[C@@H]1C.Cc1ccc2c(oc3ccncc32)c1N1c2ccccc2N(C)[C@@H]1C. The van der Waals surface area contributed by atoms with Gasteiger partial charge in [-0.25, -0.2) is 0 Å². The van der Waals surface area contributed by atoms with Gasteiger partial charge in [-0.05, 0) is 87.4 Å². The van der Waals surface area contributed by atoms with E-state index < -0.39 is 0 Å². The van der Waals surface area contributed by atoms with Crippen molar-refractivity contribution in [3.05, 3.63) is 121 Å². The van der Waals surface area contributed by atoms with E-state index in [2.05, 4.69) is 144 Å². The number of para-hydroxylation sites is 4. The number of anilines is 6. The summed E-state index contributed by atoms with van der Waals surface area (Å²) >= 11 is 0. The van der Waals surface area contributed by atoms with Gasteiger partial charge in [0.15, 0.2) is 16.7 Å². The molecule has 0 radical (unpaired) electrons. The van der Waals surface area contributed by atoms with Crippen LogP contribution in [0, 0.1) is 13.8 Å². The number of fused-ring (bicyclic) bond motifs is 8. The standard InChI is InChI=1S/2C21H19N3O.4C2H6/c1-13-10-11-15-19-18(9-6-12-22-19)25-21(15)20(13)24-14(2)23(3)16-7-4-5-8-17(16)24;1-13-8-9-15-16-12-22-11-10-19(16)25-21(15)20(13)24-14(2)23(3)17-6-4-5-7-18(17)24;4*1-2/h2*4-12,14H,1-3H3;4*1-2H3/t2*14-;;;;/m00..../s1. The summed E-state index contributed by atoms with van der Waals surface area (Å²) in [6.07, 6.45) is 5.90. The van der Waals surface area contributed by atoms with Gasteiger partial charge in [0.25, 0.3) is 0 Å².